The Morgan fingerprint density at radius 1 is 1.22 bits per heavy atom. The monoisotopic (exact) mass is 327 g/mol. The first-order valence-corrected chi connectivity index (χ1v) is 7.26. The van der Waals surface area contributed by atoms with Crippen LogP contribution in [0.5, 0.6) is 5.75 Å². The summed E-state index contributed by atoms with van der Waals surface area (Å²) in [6.45, 7) is 0. The molecule has 2 aromatic carbocycles. The van der Waals surface area contributed by atoms with Gasteiger partial charge in [-0.3, -0.25) is 4.79 Å². The zero-order valence-electron chi connectivity index (χ0n) is 12.3. The fourth-order valence-electron chi connectivity index (χ4n) is 2.25. The molecule has 0 aliphatic rings. The SMILES string of the molecule is COc1ccc2cc(C(N)=O)c(Nc3ccccc3Cl)nc2c1. The number of amides is 1. The number of ether oxygens (including phenoxy) is 1. The van der Waals surface area contributed by atoms with Gasteiger partial charge in [0.2, 0.25) is 0 Å². The van der Waals surface area contributed by atoms with Crippen LogP contribution < -0.4 is 15.8 Å². The van der Waals surface area contributed by atoms with Crippen molar-refractivity contribution in [3.8, 4) is 5.75 Å². The number of nitrogens with one attached hydrogen (secondary N) is 1. The van der Waals surface area contributed by atoms with Gasteiger partial charge in [0.1, 0.15) is 11.6 Å². The smallest absolute Gasteiger partial charge is 0.252 e. The van der Waals surface area contributed by atoms with Crippen molar-refractivity contribution in [2.24, 2.45) is 5.73 Å². The number of fused-ring (bicyclic) bond motifs is 1. The molecule has 1 heterocycles. The number of nitrogens with two attached hydrogens (primary N) is 1. The summed E-state index contributed by atoms with van der Waals surface area (Å²) in [5.74, 6) is 0.469. The number of para-hydroxylation sites is 1. The van der Waals surface area contributed by atoms with Crippen molar-refractivity contribution < 1.29 is 9.53 Å². The average molecular weight is 328 g/mol. The Bertz CT molecular complexity index is 896. The summed E-state index contributed by atoms with van der Waals surface area (Å²) in [5.41, 5.74) is 7.10. The molecule has 116 valence electrons. The first-order valence-electron chi connectivity index (χ1n) is 6.88. The van der Waals surface area contributed by atoms with Crippen LogP contribution in [0.25, 0.3) is 10.9 Å². The molecule has 0 aliphatic heterocycles. The molecule has 0 atom stereocenters. The molecule has 5 nitrogen and oxygen atoms in total. The van der Waals surface area contributed by atoms with Gasteiger partial charge in [0.25, 0.3) is 5.91 Å². The van der Waals surface area contributed by atoms with E-state index in [1.807, 2.05) is 18.2 Å². The number of rotatable bonds is 4. The van der Waals surface area contributed by atoms with E-state index in [1.54, 1.807) is 37.4 Å². The second-order valence-electron chi connectivity index (χ2n) is 4.91. The van der Waals surface area contributed by atoms with Crippen molar-refractivity contribution >= 4 is 39.9 Å². The van der Waals surface area contributed by atoms with E-state index in [1.165, 1.54) is 0 Å². The number of halogens is 1. The Labute approximate surface area is 138 Å². The van der Waals surface area contributed by atoms with E-state index >= 15 is 0 Å². The molecule has 1 aromatic heterocycles. The van der Waals surface area contributed by atoms with Crippen molar-refractivity contribution in [1.82, 2.24) is 4.98 Å². The van der Waals surface area contributed by atoms with E-state index < -0.39 is 5.91 Å². The maximum absolute atomic E-state index is 11.7. The molecule has 0 saturated carbocycles. The van der Waals surface area contributed by atoms with Gasteiger partial charge in [-0.05, 0) is 30.3 Å². The van der Waals surface area contributed by atoms with E-state index in [2.05, 4.69) is 10.3 Å². The molecule has 0 radical (unpaired) electrons. The number of aromatic nitrogens is 1. The van der Waals surface area contributed by atoms with Gasteiger partial charge in [0, 0.05) is 11.5 Å². The predicted molar refractivity (Wildman–Crippen MR) is 91.5 cm³/mol. The van der Waals surface area contributed by atoms with Crippen LogP contribution in [0.2, 0.25) is 5.02 Å². The van der Waals surface area contributed by atoms with Gasteiger partial charge in [-0.25, -0.2) is 4.98 Å². The Hall–Kier alpha value is -2.79. The molecule has 3 aromatic rings. The van der Waals surface area contributed by atoms with E-state index in [0.717, 1.165) is 5.39 Å². The van der Waals surface area contributed by atoms with Crippen LogP contribution in [0.15, 0.2) is 48.5 Å². The number of benzene rings is 2. The van der Waals surface area contributed by atoms with E-state index in [9.17, 15) is 4.79 Å². The number of pyridine rings is 1. The number of carbonyl (C=O) groups excluding carboxylic acids is 1. The molecule has 23 heavy (non-hydrogen) atoms. The van der Waals surface area contributed by atoms with E-state index in [-0.39, 0.29) is 0 Å². The lowest BCUT2D eigenvalue weighted by atomic mass is 10.1. The normalized spacial score (nSPS) is 10.5. The number of hydrogen-bond donors (Lipinski definition) is 2. The molecule has 0 saturated heterocycles. The van der Waals surface area contributed by atoms with Crippen LogP contribution in [-0.2, 0) is 0 Å². The van der Waals surface area contributed by atoms with Crippen LogP contribution in [-0.4, -0.2) is 18.0 Å². The highest BCUT2D eigenvalue weighted by atomic mass is 35.5. The Kier molecular flexibility index (Phi) is 4.04. The van der Waals surface area contributed by atoms with Gasteiger partial charge in [-0.2, -0.15) is 0 Å². The minimum atomic E-state index is -0.565. The van der Waals surface area contributed by atoms with E-state index in [4.69, 9.17) is 22.1 Å². The quantitative estimate of drug-likeness (QED) is 0.765. The summed E-state index contributed by atoms with van der Waals surface area (Å²) < 4.78 is 5.20. The minimum Gasteiger partial charge on any atom is -0.497 e. The van der Waals surface area contributed by atoms with Gasteiger partial charge in [-0.1, -0.05) is 23.7 Å². The summed E-state index contributed by atoms with van der Waals surface area (Å²) in [6, 6.07) is 14.3. The Morgan fingerprint density at radius 2 is 2.00 bits per heavy atom. The van der Waals surface area contributed by atoms with Gasteiger partial charge in [-0.15, -0.1) is 0 Å². The van der Waals surface area contributed by atoms with Gasteiger partial charge < -0.3 is 15.8 Å². The number of methoxy groups -OCH3 is 1. The third-order valence-corrected chi connectivity index (χ3v) is 3.75. The van der Waals surface area contributed by atoms with Crippen molar-refractivity contribution in [3.05, 3.63) is 59.1 Å². The maximum atomic E-state index is 11.7. The Balaban J connectivity index is 2.14. The standard InChI is InChI=1S/C17H14ClN3O2/c1-23-11-7-6-10-8-12(16(19)22)17(21-15(10)9-11)20-14-5-3-2-4-13(14)18/h2-9H,1H3,(H2,19,22)(H,20,21). The third-order valence-electron chi connectivity index (χ3n) is 3.42. The Morgan fingerprint density at radius 3 is 2.70 bits per heavy atom. The topological polar surface area (TPSA) is 77.2 Å². The van der Waals surface area contributed by atoms with Gasteiger partial charge in [0.15, 0.2) is 0 Å². The summed E-state index contributed by atoms with van der Waals surface area (Å²) in [6.07, 6.45) is 0. The lowest BCUT2D eigenvalue weighted by Gasteiger charge is -2.12. The van der Waals surface area contributed by atoms with Crippen LogP contribution >= 0.6 is 11.6 Å². The van der Waals surface area contributed by atoms with Crippen LogP contribution in [0.1, 0.15) is 10.4 Å². The zero-order chi connectivity index (χ0) is 16.4. The second kappa shape index (κ2) is 6.14. The van der Waals surface area contributed by atoms with Crippen molar-refractivity contribution in [1.29, 1.82) is 0 Å². The molecule has 6 heteroatoms. The third kappa shape index (κ3) is 3.05. The number of carbonyl (C=O) groups is 1. The molecular formula is C17H14ClN3O2. The zero-order valence-corrected chi connectivity index (χ0v) is 13.1. The number of anilines is 2. The van der Waals surface area contributed by atoms with Gasteiger partial charge >= 0.3 is 0 Å². The minimum absolute atomic E-state index is 0.294. The molecule has 3 rings (SSSR count). The molecule has 0 bridgehead atoms. The van der Waals surface area contributed by atoms with E-state index in [0.29, 0.717) is 33.4 Å². The largest absolute Gasteiger partial charge is 0.497 e. The second-order valence-corrected chi connectivity index (χ2v) is 5.32. The number of nitrogens with zero attached hydrogens (tertiary/aromatic N) is 1. The van der Waals surface area contributed by atoms with Crippen LogP contribution in [0.4, 0.5) is 11.5 Å². The summed E-state index contributed by atoms with van der Waals surface area (Å²) in [7, 11) is 1.59. The summed E-state index contributed by atoms with van der Waals surface area (Å²) >= 11 is 6.15. The molecule has 0 unspecified atom stereocenters. The molecule has 0 spiro atoms. The van der Waals surface area contributed by atoms with Crippen LogP contribution in [0, 0.1) is 0 Å². The van der Waals surface area contributed by atoms with Crippen molar-refractivity contribution in [3.63, 3.8) is 0 Å². The molecule has 1 amide bonds. The predicted octanol–water partition coefficient (Wildman–Crippen LogP) is 3.74. The highest BCUT2D eigenvalue weighted by Gasteiger charge is 2.13. The summed E-state index contributed by atoms with van der Waals surface area (Å²) in [5, 5.41) is 4.39. The van der Waals surface area contributed by atoms with Crippen LogP contribution in [0.3, 0.4) is 0 Å². The lowest BCUT2D eigenvalue weighted by Crippen LogP contribution is -2.14. The van der Waals surface area contributed by atoms with Gasteiger partial charge in [0.05, 0.1) is 28.9 Å². The fraction of sp³-hybridized carbons (Fsp3) is 0.0588. The average Bonchev–Trinajstić information content (AvgIpc) is 2.55. The van der Waals surface area contributed by atoms with Crippen molar-refractivity contribution in [2.75, 3.05) is 12.4 Å². The molecule has 3 N–H and O–H groups in total. The fourth-order valence-corrected chi connectivity index (χ4v) is 2.43. The first kappa shape index (κ1) is 15.1. The lowest BCUT2D eigenvalue weighted by molar-refractivity contribution is 0.100. The number of primary amides is 1. The first-order chi connectivity index (χ1) is 11.1. The molecular weight excluding hydrogens is 314 g/mol. The maximum Gasteiger partial charge on any atom is 0.252 e. The van der Waals surface area contributed by atoms with Crippen molar-refractivity contribution in [2.45, 2.75) is 0 Å². The number of hydrogen-bond acceptors (Lipinski definition) is 4. The molecule has 0 fully saturated rings. The summed E-state index contributed by atoms with van der Waals surface area (Å²) in [4.78, 5) is 16.2. The highest BCUT2D eigenvalue weighted by Crippen LogP contribution is 2.29. The highest BCUT2D eigenvalue weighted by molar-refractivity contribution is 6.33. The molecule has 0 aliphatic carbocycles.